The van der Waals surface area contributed by atoms with Crippen molar-refractivity contribution in [2.24, 2.45) is 0 Å². The molecule has 16 heavy (non-hydrogen) atoms. The third-order valence-electron chi connectivity index (χ3n) is 1.89. The molecule has 0 amide bonds. The number of carbonyl (C=O) groups is 1. The van der Waals surface area contributed by atoms with E-state index in [0.29, 0.717) is 0 Å². The van der Waals surface area contributed by atoms with Crippen LogP contribution in [0.5, 0.6) is 0 Å². The van der Waals surface area contributed by atoms with Gasteiger partial charge in [-0.2, -0.15) is 0 Å². The van der Waals surface area contributed by atoms with Crippen LogP contribution in [0.25, 0.3) is 11.3 Å². The highest BCUT2D eigenvalue weighted by atomic mass is 32.1. The molecular weight excluding hydrogens is 236 g/mol. The number of nitrogens with zero attached hydrogens (tertiary/aromatic N) is 1. The predicted molar refractivity (Wildman–Crippen MR) is 54.4 cm³/mol. The van der Waals surface area contributed by atoms with Crippen LogP contribution >= 0.6 is 11.3 Å². The molecule has 2 aromatic rings. The van der Waals surface area contributed by atoms with Gasteiger partial charge in [0.25, 0.3) is 0 Å². The number of carboxylic acid groups (broad SMARTS) is 1. The molecule has 0 aliphatic rings. The van der Waals surface area contributed by atoms with Crippen molar-refractivity contribution in [2.45, 2.75) is 0 Å². The van der Waals surface area contributed by atoms with Crippen molar-refractivity contribution in [3.8, 4) is 11.3 Å². The summed E-state index contributed by atoms with van der Waals surface area (Å²) < 4.78 is 26.2. The molecule has 1 aromatic carbocycles. The molecule has 1 aromatic heterocycles. The average Bonchev–Trinajstić information content (AvgIpc) is 2.70. The second kappa shape index (κ2) is 3.97. The summed E-state index contributed by atoms with van der Waals surface area (Å²) in [4.78, 5) is 14.3. The third-order valence-corrected chi connectivity index (χ3v) is 2.72. The average molecular weight is 241 g/mol. The van der Waals surface area contributed by atoms with Crippen LogP contribution in [0.3, 0.4) is 0 Å². The smallest absolute Gasteiger partial charge is 0.365 e. The van der Waals surface area contributed by atoms with Crippen LogP contribution in [0.1, 0.15) is 9.80 Å². The zero-order valence-electron chi connectivity index (χ0n) is 7.78. The molecule has 0 spiro atoms. The lowest BCUT2D eigenvalue weighted by atomic mass is 10.1. The fraction of sp³-hybridized carbons (Fsp3) is 0. The van der Waals surface area contributed by atoms with E-state index in [9.17, 15) is 13.6 Å². The maximum atomic E-state index is 13.3. The molecule has 0 atom stereocenters. The van der Waals surface area contributed by atoms with Crippen molar-refractivity contribution in [1.29, 1.82) is 0 Å². The number of benzene rings is 1. The Morgan fingerprint density at radius 2 is 2.12 bits per heavy atom. The van der Waals surface area contributed by atoms with Crippen molar-refractivity contribution < 1.29 is 18.7 Å². The van der Waals surface area contributed by atoms with Gasteiger partial charge in [0.1, 0.15) is 11.6 Å². The molecule has 1 heterocycles. The van der Waals surface area contributed by atoms with Gasteiger partial charge >= 0.3 is 5.97 Å². The highest BCUT2D eigenvalue weighted by Crippen LogP contribution is 2.25. The zero-order valence-corrected chi connectivity index (χ0v) is 8.59. The van der Waals surface area contributed by atoms with Gasteiger partial charge in [0.05, 0.1) is 5.69 Å². The maximum absolute atomic E-state index is 13.3. The van der Waals surface area contributed by atoms with Crippen LogP contribution in [0.2, 0.25) is 0 Å². The van der Waals surface area contributed by atoms with Gasteiger partial charge < -0.3 is 5.11 Å². The third kappa shape index (κ3) is 1.92. The monoisotopic (exact) mass is 241 g/mol. The number of hydrogen-bond acceptors (Lipinski definition) is 3. The lowest BCUT2D eigenvalue weighted by Gasteiger charge is -1.98. The molecule has 0 unspecified atom stereocenters. The minimum atomic E-state index is -1.19. The first-order valence-electron chi connectivity index (χ1n) is 4.22. The fourth-order valence-electron chi connectivity index (χ4n) is 1.19. The van der Waals surface area contributed by atoms with E-state index in [2.05, 4.69) is 4.98 Å². The van der Waals surface area contributed by atoms with Crippen molar-refractivity contribution in [2.75, 3.05) is 0 Å². The van der Waals surface area contributed by atoms with Crippen molar-refractivity contribution in [3.05, 3.63) is 40.2 Å². The lowest BCUT2D eigenvalue weighted by molar-refractivity contribution is 0.0696. The Morgan fingerprint density at radius 1 is 1.38 bits per heavy atom. The van der Waals surface area contributed by atoms with Crippen molar-refractivity contribution >= 4 is 17.3 Å². The standard InChI is InChI=1S/C10H5F2NO2S/c11-5-1-2-7(12)6(3-5)8-4-16-9(13-8)10(14)15/h1-4H,(H,14,15). The number of thiazole rings is 1. The van der Waals surface area contributed by atoms with Crippen LogP contribution in [-0.4, -0.2) is 16.1 Å². The van der Waals surface area contributed by atoms with Gasteiger partial charge in [0, 0.05) is 10.9 Å². The SMILES string of the molecule is O=C(O)c1nc(-c2cc(F)ccc2F)cs1. The largest absolute Gasteiger partial charge is 0.476 e. The molecule has 0 saturated carbocycles. The summed E-state index contributed by atoms with van der Waals surface area (Å²) in [5, 5.41) is 9.87. The van der Waals surface area contributed by atoms with Gasteiger partial charge in [0.2, 0.25) is 5.01 Å². The molecule has 0 radical (unpaired) electrons. The van der Waals surface area contributed by atoms with E-state index in [1.54, 1.807) is 0 Å². The number of halogens is 2. The van der Waals surface area contributed by atoms with E-state index in [4.69, 9.17) is 5.11 Å². The molecule has 0 fully saturated rings. The van der Waals surface area contributed by atoms with Gasteiger partial charge in [-0.05, 0) is 18.2 Å². The topological polar surface area (TPSA) is 50.2 Å². The van der Waals surface area contributed by atoms with Gasteiger partial charge in [-0.1, -0.05) is 0 Å². The van der Waals surface area contributed by atoms with E-state index in [1.807, 2.05) is 0 Å². The normalized spacial score (nSPS) is 10.4. The second-order valence-electron chi connectivity index (χ2n) is 2.97. The van der Waals surface area contributed by atoms with Crippen LogP contribution in [-0.2, 0) is 0 Å². The Balaban J connectivity index is 2.50. The first-order chi connectivity index (χ1) is 7.58. The molecule has 1 N–H and O–H groups in total. The highest BCUT2D eigenvalue weighted by Gasteiger charge is 2.13. The number of aromatic nitrogens is 1. The number of aromatic carboxylic acids is 1. The van der Waals surface area contributed by atoms with Gasteiger partial charge in [-0.3, -0.25) is 0 Å². The lowest BCUT2D eigenvalue weighted by Crippen LogP contribution is -1.95. The van der Waals surface area contributed by atoms with E-state index >= 15 is 0 Å². The van der Waals surface area contributed by atoms with E-state index in [1.165, 1.54) is 5.38 Å². The number of hydrogen-bond donors (Lipinski definition) is 1. The van der Waals surface area contributed by atoms with Crippen molar-refractivity contribution in [3.63, 3.8) is 0 Å². The van der Waals surface area contributed by atoms with Gasteiger partial charge in [0.15, 0.2) is 0 Å². The Kier molecular flexibility index (Phi) is 2.66. The molecule has 2 rings (SSSR count). The quantitative estimate of drug-likeness (QED) is 0.879. The Morgan fingerprint density at radius 3 is 2.75 bits per heavy atom. The highest BCUT2D eigenvalue weighted by molar-refractivity contribution is 7.11. The molecule has 6 heteroatoms. The predicted octanol–water partition coefficient (Wildman–Crippen LogP) is 2.79. The summed E-state index contributed by atoms with van der Waals surface area (Å²) in [6, 6.07) is 2.95. The van der Waals surface area contributed by atoms with Crippen molar-refractivity contribution in [1.82, 2.24) is 4.98 Å². The zero-order chi connectivity index (χ0) is 11.7. The van der Waals surface area contributed by atoms with Crippen LogP contribution in [0, 0.1) is 11.6 Å². The molecule has 0 saturated heterocycles. The fourth-order valence-corrected chi connectivity index (χ4v) is 1.84. The van der Waals surface area contributed by atoms with Crippen LogP contribution in [0.4, 0.5) is 8.78 Å². The Bertz CT molecular complexity index is 554. The van der Waals surface area contributed by atoms with Gasteiger partial charge in [-0.25, -0.2) is 18.6 Å². The summed E-state index contributed by atoms with van der Waals surface area (Å²) in [7, 11) is 0. The maximum Gasteiger partial charge on any atom is 0.365 e. The number of rotatable bonds is 2. The molecule has 3 nitrogen and oxygen atoms in total. The minimum absolute atomic E-state index is 0.0382. The summed E-state index contributed by atoms with van der Waals surface area (Å²) >= 11 is 0.867. The molecule has 82 valence electrons. The molecule has 0 aliphatic carbocycles. The Labute approximate surface area is 93.0 Å². The van der Waals surface area contributed by atoms with E-state index < -0.39 is 17.6 Å². The summed E-state index contributed by atoms with van der Waals surface area (Å²) in [5.74, 6) is -2.42. The molecular formula is C10H5F2NO2S. The number of carboxylic acids is 1. The van der Waals surface area contributed by atoms with Gasteiger partial charge in [-0.15, -0.1) is 11.3 Å². The summed E-state index contributed by atoms with van der Waals surface area (Å²) in [6.07, 6.45) is 0. The van der Waals surface area contributed by atoms with Crippen LogP contribution < -0.4 is 0 Å². The van der Waals surface area contributed by atoms with E-state index in [0.717, 1.165) is 29.5 Å². The van der Waals surface area contributed by atoms with E-state index in [-0.39, 0.29) is 16.3 Å². The molecule has 0 bridgehead atoms. The summed E-state index contributed by atoms with van der Waals surface area (Å²) in [6.45, 7) is 0. The molecule has 0 aliphatic heterocycles. The van der Waals surface area contributed by atoms with Crippen LogP contribution in [0.15, 0.2) is 23.6 Å². The summed E-state index contributed by atoms with van der Waals surface area (Å²) in [5.41, 5.74) is 0.0863. The minimum Gasteiger partial charge on any atom is -0.476 e. The first kappa shape index (κ1) is 10.7. The Hall–Kier alpha value is -1.82. The first-order valence-corrected chi connectivity index (χ1v) is 5.10. The second-order valence-corrected chi connectivity index (χ2v) is 3.83.